The lowest BCUT2D eigenvalue weighted by Crippen LogP contribution is -2.26. The van der Waals surface area contributed by atoms with E-state index < -0.39 is 35.3 Å². The number of rotatable bonds is 9. The van der Waals surface area contributed by atoms with Crippen LogP contribution in [0.3, 0.4) is 0 Å². The summed E-state index contributed by atoms with van der Waals surface area (Å²) in [7, 11) is 0. The molecule has 3 aromatic carbocycles. The van der Waals surface area contributed by atoms with E-state index in [-0.39, 0.29) is 19.4 Å². The van der Waals surface area contributed by atoms with Crippen molar-refractivity contribution in [2.75, 3.05) is 6.54 Å². The number of nitrogens with zero attached hydrogens (tertiary/aromatic N) is 2. The van der Waals surface area contributed by atoms with Crippen molar-refractivity contribution in [3.05, 3.63) is 89.6 Å². The van der Waals surface area contributed by atoms with Gasteiger partial charge in [0.25, 0.3) is 5.91 Å². The fraction of sp³-hybridized carbons (Fsp3) is 0.276. The molecule has 4 aromatic rings. The molecule has 1 aromatic heterocycles. The summed E-state index contributed by atoms with van der Waals surface area (Å²) in [5.74, 6) is -1.42. The van der Waals surface area contributed by atoms with E-state index in [0.717, 1.165) is 28.6 Å². The molecular formula is C29H27F4N3O3. The van der Waals surface area contributed by atoms with Crippen LogP contribution in [-0.4, -0.2) is 39.0 Å². The second-order valence-corrected chi connectivity index (χ2v) is 9.92. The van der Waals surface area contributed by atoms with Gasteiger partial charge in [0, 0.05) is 30.1 Å². The van der Waals surface area contributed by atoms with Gasteiger partial charge >= 0.3 is 12.1 Å². The Labute approximate surface area is 222 Å². The van der Waals surface area contributed by atoms with Crippen molar-refractivity contribution >= 4 is 22.8 Å². The number of benzene rings is 3. The Morgan fingerprint density at radius 2 is 1.59 bits per heavy atom. The summed E-state index contributed by atoms with van der Waals surface area (Å²) in [6.07, 6.45) is -2.74. The first-order chi connectivity index (χ1) is 18.3. The summed E-state index contributed by atoms with van der Waals surface area (Å²) in [5.41, 5.74) is 0.781. The van der Waals surface area contributed by atoms with Gasteiger partial charge in [0.2, 0.25) is 0 Å². The predicted molar refractivity (Wildman–Crippen MR) is 139 cm³/mol. The van der Waals surface area contributed by atoms with Gasteiger partial charge in [-0.25, -0.2) is 4.39 Å². The highest BCUT2D eigenvalue weighted by atomic mass is 19.4. The van der Waals surface area contributed by atoms with Crippen molar-refractivity contribution in [3.63, 3.8) is 0 Å². The molecule has 6 nitrogen and oxygen atoms in total. The third kappa shape index (κ3) is 7.01. The molecule has 1 heterocycles. The molecule has 0 bridgehead atoms. The number of carboxylic acids is 1. The largest absolute Gasteiger partial charge is 0.481 e. The van der Waals surface area contributed by atoms with Crippen molar-refractivity contribution in [2.24, 2.45) is 0 Å². The average Bonchev–Trinajstić information content (AvgIpc) is 3.29. The summed E-state index contributed by atoms with van der Waals surface area (Å²) in [6, 6.07) is 16.4. The van der Waals surface area contributed by atoms with Gasteiger partial charge in [-0.15, -0.1) is 0 Å². The quantitative estimate of drug-likeness (QED) is 0.232. The predicted octanol–water partition coefficient (Wildman–Crippen LogP) is 6.65. The highest BCUT2D eigenvalue weighted by Gasteiger charge is 2.30. The molecule has 0 saturated heterocycles. The first kappa shape index (κ1) is 27.8. The van der Waals surface area contributed by atoms with Crippen molar-refractivity contribution in [1.29, 1.82) is 0 Å². The van der Waals surface area contributed by atoms with Crippen molar-refractivity contribution in [2.45, 2.75) is 44.6 Å². The lowest BCUT2D eigenvalue weighted by molar-refractivity contribution is -0.138. The van der Waals surface area contributed by atoms with E-state index in [1.807, 2.05) is 6.07 Å². The zero-order chi connectivity index (χ0) is 28.4. The fourth-order valence-electron chi connectivity index (χ4n) is 4.30. The monoisotopic (exact) mass is 541 g/mol. The number of carbonyl (C=O) groups is 2. The highest BCUT2D eigenvalue weighted by Crippen LogP contribution is 2.34. The van der Waals surface area contributed by atoms with Crippen LogP contribution >= 0.6 is 0 Å². The van der Waals surface area contributed by atoms with Crippen molar-refractivity contribution < 1.29 is 32.3 Å². The SMILES string of the molecule is CC(C)(F)CC(c1ccc(C(=O)NCCC(=O)O)cc1)n1cc2cc(-c3ccc(C(F)(F)F)cc3)ccc2n1. The second-order valence-electron chi connectivity index (χ2n) is 9.92. The molecule has 0 saturated carbocycles. The van der Waals surface area contributed by atoms with Gasteiger partial charge in [-0.3, -0.25) is 14.3 Å². The van der Waals surface area contributed by atoms with Crippen LogP contribution in [-0.2, 0) is 11.0 Å². The molecule has 204 valence electrons. The molecule has 1 atom stereocenters. The molecule has 1 amide bonds. The minimum atomic E-state index is -4.41. The van der Waals surface area contributed by atoms with Gasteiger partial charge < -0.3 is 10.4 Å². The van der Waals surface area contributed by atoms with E-state index in [9.17, 15) is 27.2 Å². The van der Waals surface area contributed by atoms with Gasteiger partial charge in [-0.05, 0) is 66.9 Å². The number of carboxylic acid groups (broad SMARTS) is 1. The van der Waals surface area contributed by atoms with Crippen LogP contribution < -0.4 is 5.32 Å². The van der Waals surface area contributed by atoms with Crippen molar-refractivity contribution in [3.8, 4) is 11.1 Å². The summed E-state index contributed by atoms with van der Waals surface area (Å²) in [5, 5.41) is 16.6. The Bertz CT molecular complexity index is 1470. The lowest BCUT2D eigenvalue weighted by Gasteiger charge is -2.24. The molecule has 10 heteroatoms. The van der Waals surface area contributed by atoms with Gasteiger partial charge in [0.15, 0.2) is 0 Å². The summed E-state index contributed by atoms with van der Waals surface area (Å²) in [6.45, 7) is 2.94. The minimum Gasteiger partial charge on any atom is -0.481 e. The number of alkyl halides is 4. The summed E-state index contributed by atoms with van der Waals surface area (Å²) >= 11 is 0. The Morgan fingerprint density at radius 1 is 0.949 bits per heavy atom. The number of halogens is 4. The molecule has 0 spiro atoms. The maximum Gasteiger partial charge on any atom is 0.416 e. The molecule has 0 aliphatic carbocycles. The standard InChI is InChI=1S/C29H27F4N3O3/c1-28(2,30)16-25(19-3-5-20(6-4-19)27(39)34-14-13-26(37)38)36-17-22-15-21(9-12-24(22)35-36)18-7-10-23(11-8-18)29(31,32)33/h3-12,15,17,25H,13-14,16H2,1-2H3,(H,34,39)(H,37,38). The summed E-state index contributed by atoms with van der Waals surface area (Å²) < 4.78 is 55.3. The zero-order valence-corrected chi connectivity index (χ0v) is 21.3. The normalized spacial score (nSPS) is 12.9. The smallest absolute Gasteiger partial charge is 0.416 e. The Morgan fingerprint density at radius 3 is 2.18 bits per heavy atom. The first-order valence-corrected chi connectivity index (χ1v) is 12.3. The van der Waals surface area contributed by atoms with Crippen molar-refractivity contribution in [1.82, 2.24) is 15.1 Å². The molecule has 4 rings (SSSR count). The molecule has 0 fully saturated rings. The molecule has 2 N–H and O–H groups in total. The fourth-order valence-corrected chi connectivity index (χ4v) is 4.30. The molecule has 0 aliphatic heterocycles. The van der Waals surface area contributed by atoms with Gasteiger partial charge in [0.1, 0.15) is 5.67 Å². The number of hydrogen-bond acceptors (Lipinski definition) is 3. The van der Waals surface area contributed by atoms with Crippen LogP contribution in [0.15, 0.2) is 72.9 Å². The van der Waals surface area contributed by atoms with E-state index >= 15 is 0 Å². The number of fused-ring (bicyclic) bond motifs is 1. The third-order valence-corrected chi connectivity index (χ3v) is 6.25. The van der Waals surface area contributed by atoms with E-state index in [1.165, 1.54) is 26.0 Å². The number of hydrogen-bond donors (Lipinski definition) is 2. The van der Waals surface area contributed by atoms with Crippen LogP contribution in [0.5, 0.6) is 0 Å². The lowest BCUT2D eigenvalue weighted by atomic mass is 9.94. The Balaban J connectivity index is 1.61. The van der Waals surface area contributed by atoms with E-state index in [0.29, 0.717) is 16.6 Å². The number of aliphatic carboxylic acids is 1. The molecule has 0 radical (unpaired) electrons. The molecule has 39 heavy (non-hydrogen) atoms. The summed E-state index contributed by atoms with van der Waals surface area (Å²) in [4.78, 5) is 23.0. The Hall–Kier alpha value is -4.21. The van der Waals surface area contributed by atoms with Gasteiger partial charge in [-0.1, -0.05) is 30.3 Å². The molecular weight excluding hydrogens is 514 g/mol. The van der Waals surface area contributed by atoms with Crippen LogP contribution in [0.1, 0.15) is 54.2 Å². The number of aromatic nitrogens is 2. The maximum absolute atomic E-state index is 14.8. The third-order valence-electron chi connectivity index (χ3n) is 6.25. The topological polar surface area (TPSA) is 84.2 Å². The van der Waals surface area contributed by atoms with Crippen LogP contribution in [0.25, 0.3) is 22.0 Å². The first-order valence-electron chi connectivity index (χ1n) is 12.3. The van der Waals surface area contributed by atoms with Gasteiger partial charge in [0.05, 0.1) is 23.5 Å². The maximum atomic E-state index is 14.8. The van der Waals surface area contributed by atoms with E-state index in [4.69, 9.17) is 5.11 Å². The average molecular weight is 542 g/mol. The van der Waals surface area contributed by atoms with Crippen LogP contribution in [0.2, 0.25) is 0 Å². The Kier molecular flexibility index (Phi) is 7.76. The molecule has 0 aliphatic rings. The van der Waals surface area contributed by atoms with E-state index in [1.54, 1.807) is 47.3 Å². The number of amides is 1. The second kappa shape index (κ2) is 10.9. The molecule has 1 unspecified atom stereocenters. The van der Waals surface area contributed by atoms with Gasteiger partial charge in [-0.2, -0.15) is 18.3 Å². The number of carbonyl (C=O) groups excluding carboxylic acids is 1. The minimum absolute atomic E-state index is 0.00290. The zero-order valence-electron chi connectivity index (χ0n) is 21.3. The van der Waals surface area contributed by atoms with E-state index in [2.05, 4.69) is 10.4 Å². The number of nitrogens with one attached hydrogen (secondary N) is 1. The highest BCUT2D eigenvalue weighted by molar-refractivity contribution is 5.94. The van der Waals surface area contributed by atoms with Crippen LogP contribution in [0, 0.1) is 0 Å². The van der Waals surface area contributed by atoms with Crippen LogP contribution in [0.4, 0.5) is 17.6 Å².